The molecule has 4 nitrogen and oxygen atoms in total. The fourth-order valence-electron chi connectivity index (χ4n) is 1.71. The predicted molar refractivity (Wildman–Crippen MR) is 78.6 cm³/mol. The molecule has 4 heteroatoms. The van der Waals surface area contributed by atoms with Gasteiger partial charge in [-0.25, -0.2) is 5.84 Å². The number of rotatable bonds is 6. The van der Waals surface area contributed by atoms with E-state index in [0.717, 1.165) is 44.0 Å². The van der Waals surface area contributed by atoms with E-state index in [0.29, 0.717) is 0 Å². The van der Waals surface area contributed by atoms with Crippen LogP contribution in [0.2, 0.25) is 0 Å². The van der Waals surface area contributed by atoms with Gasteiger partial charge in [-0.3, -0.25) is 10.4 Å². The number of hydrogen-bond acceptors (Lipinski definition) is 2. The number of nitrogens with two attached hydrogens (primary N) is 1. The number of nitrogens with zero attached hydrogens (tertiary/aromatic N) is 2. The monoisotopic (exact) mass is 248 g/mol. The third-order valence-electron chi connectivity index (χ3n) is 2.67. The number of hydrogen-bond donors (Lipinski definition) is 2. The highest BCUT2D eigenvalue weighted by atomic mass is 15.4. The molecule has 3 N–H and O–H groups in total. The first kappa shape index (κ1) is 14.5. The Labute approximate surface area is 110 Å². The zero-order valence-corrected chi connectivity index (χ0v) is 11.4. The van der Waals surface area contributed by atoms with Crippen LogP contribution in [0.15, 0.2) is 35.3 Å². The summed E-state index contributed by atoms with van der Waals surface area (Å²) in [6.07, 6.45) is 3.28. The van der Waals surface area contributed by atoms with E-state index in [4.69, 9.17) is 5.84 Å². The third-order valence-corrected chi connectivity index (χ3v) is 2.67. The number of aliphatic imine (C=N–C) groups is 1. The number of benzene rings is 1. The van der Waals surface area contributed by atoms with Crippen molar-refractivity contribution in [3.63, 3.8) is 0 Å². The lowest BCUT2D eigenvalue weighted by Gasteiger charge is -2.25. The molecule has 0 fully saturated rings. The van der Waals surface area contributed by atoms with Crippen LogP contribution >= 0.6 is 0 Å². The highest BCUT2D eigenvalue weighted by Gasteiger charge is 2.11. The standard InChI is InChI=1S/C14H24N4/c1-3-5-12-18(13-9-7-6-8-10-13)14(17-15)16-11-4-2/h6-10H,3-5,11-12,15H2,1-2H3,(H,16,17). The molecule has 1 rings (SSSR count). The molecule has 0 unspecified atom stereocenters. The van der Waals surface area contributed by atoms with Crippen molar-refractivity contribution >= 4 is 11.6 Å². The van der Waals surface area contributed by atoms with Gasteiger partial charge in [-0.15, -0.1) is 0 Å². The van der Waals surface area contributed by atoms with Gasteiger partial charge in [0.05, 0.1) is 0 Å². The Morgan fingerprint density at radius 3 is 2.50 bits per heavy atom. The number of anilines is 1. The summed E-state index contributed by atoms with van der Waals surface area (Å²) in [7, 11) is 0. The van der Waals surface area contributed by atoms with Gasteiger partial charge in [0.1, 0.15) is 0 Å². The molecule has 0 saturated carbocycles. The molecule has 0 atom stereocenters. The molecule has 100 valence electrons. The lowest BCUT2D eigenvalue weighted by Crippen LogP contribution is -2.45. The summed E-state index contributed by atoms with van der Waals surface area (Å²) in [6.45, 7) is 6.00. The van der Waals surface area contributed by atoms with Gasteiger partial charge >= 0.3 is 0 Å². The van der Waals surface area contributed by atoms with Crippen molar-refractivity contribution in [2.75, 3.05) is 18.0 Å². The van der Waals surface area contributed by atoms with Gasteiger partial charge in [0.2, 0.25) is 5.96 Å². The van der Waals surface area contributed by atoms with E-state index in [9.17, 15) is 0 Å². The molecule has 0 aliphatic rings. The molecule has 0 bridgehead atoms. The summed E-state index contributed by atoms with van der Waals surface area (Å²) in [5, 5.41) is 0. The Hall–Kier alpha value is -1.55. The van der Waals surface area contributed by atoms with Crippen molar-refractivity contribution in [1.29, 1.82) is 0 Å². The van der Waals surface area contributed by atoms with Gasteiger partial charge in [0, 0.05) is 18.8 Å². The van der Waals surface area contributed by atoms with Crippen LogP contribution in [0.3, 0.4) is 0 Å². The summed E-state index contributed by atoms with van der Waals surface area (Å²) in [4.78, 5) is 6.63. The molecule has 0 radical (unpaired) electrons. The Bertz CT molecular complexity index is 348. The molecule has 0 aliphatic carbocycles. The lowest BCUT2D eigenvalue weighted by atomic mass is 10.2. The van der Waals surface area contributed by atoms with E-state index in [1.807, 2.05) is 18.2 Å². The second-order valence-electron chi connectivity index (χ2n) is 4.19. The van der Waals surface area contributed by atoms with E-state index in [1.165, 1.54) is 0 Å². The highest BCUT2D eigenvalue weighted by Crippen LogP contribution is 2.14. The van der Waals surface area contributed by atoms with Crippen molar-refractivity contribution in [2.45, 2.75) is 33.1 Å². The van der Waals surface area contributed by atoms with Gasteiger partial charge in [0.25, 0.3) is 0 Å². The van der Waals surface area contributed by atoms with Crippen LogP contribution in [0.1, 0.15) is 33.1 Å². The maximum absolute atomic E-state index is 5.60. The first-order valence-electron chi connectivity index (χ1n) is 6.67. The number of nitrogens with one attached hydrogen (secondary N) is 1. The Kier molecular flexibility index (Phi) is 6.87. The van der Waals surface area contributed by atoms with Crippen molar-refractivity contribution in [1.82, 2.24) is 5.43 Å². The minimum Gasteiger partial charge on any atom is -0.312 e. The van der Waals surface area contributed by atoms with Crippen molar-refractivity contribution < 1.29 is 0 Å². The fourth-order valence-corrected chi connectivity index (χ4v) is 1.71. The summed E-state index contributed by atoms with van der Waals surface area (Å²) >= 11 is 0. The predicted octanol–water partition coefficient (Wildman–Crippen LogP) is 2.52. The SMILES string of the molecule is CCCCN(C(=NCCC)NN)c1ccccc1. The van der Waals surface area contributed by atoms with Crippen LogP contribution in [0.25, 0.3) is 0 Å². The van der Waals surface area contributed by atoms with E-state index in [1.54, 1.807) is 0 Å². The van der Waals surface area contributed by atoms with Crippen molar-refractivity contribution in [3.8, 4) is 0 Å². The van der Waals surface area contributed by atoms with Crippen LogP contribution in [0.5, 0.6) is 0 Å². The second-order valence-corrected chi connectivity index (χ2v) is 4.19. The summed E-state index contributed by atoms with van der Waals surface area (Å²) in [6, 6.07) is 10.2. The molecule has 1 aromatic carbocycles. The Morgan fingerprint density at radius 1 is 1.22 bits per heavy atom. The van der Waals surface area contributed by atoms with E-state index in [-0.39, 0.29) is 0 Å². The molecule has 18 heavy (non-hydrogen) atoms. The van der Waals surface area contributed by atoms with Crippen molar-refractivity contribution in [2.24, 2.45) is 10.8 Å². The van der Waals surface area contributed by atoms with E-state index in [2.05, 4.69) is 41.3 Å². The molecule has 0 heterocycles. The molecule has 0 aliphatic heterocycles. The molecule has 0 amide bonds. The largest absolute Gasteiger partial charge is 0.312 e. The summed E-state index contributed by atoms with van der Waals surface area (Å²) in [5.74, 6) is 6.35. The van der Waals surface area contributed by atoms with Crippen LogP contribution in [-0.2, 0) is 0 Å². The highest BCUT2D eigenvalue weighted by molar-refractivity contribution is 5.95. The van der Waals surface area contributed by atoms with Gasteiger partial charge in [-0.2, -0.15) is 0 Å². The van der Waals surface area contributed by atoms with Crippen LogP contribution in [-0.4, -0.2) is 19.0 Å². The topological polar surface area (TPSA) is 53.6 Å². The number of guanidine groups is 1. The molecule has 0 aromatic heterocycles. The Morgan fingerprint density at radius 2 is 1.94 bits per heavy atom. The first-order chi connectivity index (χ1) is 8.83. The van der Waals surface area contributed by atoms with Gasteiger partial charge in [-0.05, 0) is 25.0 Å². The van der Waals surface area contributed by atoms with Crippen LogP contribution in [0, 0.1) is 0 Å². The van der Waals surface area contributed by atoms with Gasteiger partial charge in [-0.1, -0.05) is 38.5 Å². The summed E-state index contributed by atoms with van der Waals surface area (Å²) < 4.78 is 0. The minimum absolute atomic E-state index is 0.747. The van der Waals surface area contributed by atoms with Crippen molar-refractivity contribution in [3.05, 3.63) is 30.3 Å². The summed E-state index contributed by atoms with van der Waals surface area (Å²) in [5.41, 5.74) is 3.84. The number of unbranched alkanes of at least 4 members (excludes halogenated alkanes) is 1. The maximum Gasteiger partial charge on any atom is 0.212 e. The van der Waals surface area contributed by atoms with Gasteiger partial charge in [0.15, 0.2) is 0 Å². The molecule has 0 spiro atoms. The average molecular weight is 248 g/mol. The number of para-hydroxylation sites is 1. The normalized spacial score (nSPS) is 11.4. The maximum atomic E-state index is 5.60. The quantitative estimate of drug-likeness (QED) is 0.352. The number of hydrazine groups is 1. The van der Waals surface area contributed by atoms with Crippen LogP contribution < -0.4 is 16.2 Å². The second kappa shape index (κ2) is 8.53. The Balaban J connectivity index is 2.89. The molecule has 0 saturated heterocycles. The third kappa shape index (κ3) is 4.37. The molecular formula is C14H24N4. The lowest BCUT2D eigenvalue weighted by molar-refractivity contribution is 0.774. The van der Waals surface area contributed by atoms with E-state index >= 15 is 0 Å². The van der Waals surface area contributed by atoms with Crippen LogP contribution in [0.4, 0.5) is 5.69 Å². The van der Waals surface area contributed by atoms with Gasteiger partial charge < -0.3 is 4.90 Å². The zero-order chi connectivity index (χ0) is 13.2. The van der Waals surface area contributed by atoms with E-state index < -0.39 is 0 Å². The zero-order valence-electron chi connectivity index (χ0n) is 11.4. The smallest absolute Gasteiger partial charge is 0.212 e. The first-order valence-corrected chi connectivity index (χ1v) is 6.67. The fraction of sp³-hybridized carbons (Fsp3) is 0.500. The molecular weight excluding hydrogens is 224 g/mol. The molecule has 1 aromatic rings. The average Bonchev–Trinajstić information content (AvgIpc) is 2.43. The minimum atomic E-state index is 0.747.